The number of carbonyl (C=O) groups is 1. The lowest BCUT2D eigenvalue weighted by molar-refractivity contribution is -0.129. The molecule has 0 aromatic carbocycles. The van der Waals surface area contributed by atoms with Gasteiger partial charge < -0.3 is 45.6 Å². The molecule has 1 aliphatic heterocycles. The summed E-state index contributed by atoms with van der Waals surface area (Å²) in [5, 5.41) is 55.6. The van der Waals surface area contributed by atoms with Gasteiger partial charge in [0.2, 0.25) is 5.91 Å². The van der Waals surface area contributed by atoms with Crippen molar-refractivity contribution in [3.63, 3.8) is 0 Å². The van der Waals surface area contributed by atoms with Gasteiger partial charge in [0.1, 0.15) is 0 Å². The molecular weight excluding hydrogens is 623 g/mol. The van der Waals surface area contributed by atoms with E-state index in [-0.39, 0.29) is 31.6 Å². The van der Waals surface area contributed by atoms with E-state index in [1.54, 1.807) is 0 Å². The van der Waals surface area contributed by atoms with Crippen LogP contribution >= 0.6 is 7.60 Å². The number of hydrogen-bond acceptors (Lipinski definition) is 9. The van der Waals surface area contributed by atoms with Gasteiger partial charge in [0, 0.05) is 19.0 Å². The molecule has 0 radical (unpaired) electrons. The van der Waals surface area contributed by atoms with Crippen molar-refractivity contribution in [3.8, 4) is 0 Å². The van der Waals surface area contributed by atoms with Gasteiger partial charge in [-0.05, 0) is 123 Å². The van der Waals surface area contributed by atoms with Gasteiger partial charge in [-0.3, -0.25) is 9.36 Å². The summed E-state index contributed by atoms with van der Waals surface area (Å²) < 4.78 is 17.6. The van der Waals surface area contributed by atoms with Crippen LogP contribution in [-0.2, 0) is 13.9 Å². The van der Waals surface area contributed by atoms with Crippen molar-refractivity contribution in [1.29, 1.82) is 0 Å². The van der Waals surface area contributed by atoms with E-state index in [1.165, 1.54) is 44.9 Å². The molecule has 0 aromatic rings. The lowest BCUT2D eigenvalue weighted by atomic mass is 9.44. The zero-order chi connectivity index (χ0) is 34.1. The Bertz CT molecular complexity index is 1110. The molecule has 8 N–H and O–H groups in total. The average molecular weight is 687 g/mol. The number of nitrogens with one attached hydrogen (secondary N) is 2. The summed E-state index contributed by atoms with van der Waals surface area (Å²) >= 11 is 0. The third kappa shape index (κ3) is 8.15. The van der Waals surface area contributed by atoms with Gasteiger partial charge in [0.25, 0.3) is 0 Å². The van der Waals surface area contributed by atoms with Crippen LogP contribution < -0.4 is 10.6 Å². The monoisotopic (exact) mass is 686 g/mol. The number of aliphatic hydroxyl groups excluding tert-OH is 5. The first-order valence-electron chi connectivity index (χ1n) is 18.5. The molecule has 1 unspecified atom stereocenters. The van der Waals surface area contributed by atoms with E-state index in [2.05, 4.69) is 31.4 Å². The van der Waals surface area contributed by atoms with Gasteiger partial charge in [-0.2, -0.15) is 0 Å². The van der Waals surface area contributed by atoms with Gasteiger partial charge in [-0.1, -0.05) is 20.8 Å². The van der Waals surface area contributed by atoms with E-state index in [4.69, 9.17) is 4.52 Å². The van der Waals surface area contributed by atoms with Crippen LogP contribution in [0.25, 0.3) is 0 Å². The Morgan fingerprint density at radius 1 is 1.00 bits per heavy atom. The number of amides is 1. The van der Waals surface area contributed by atoms with Crippen molar-refractivity contribution >= 4 is 13.5 Å². The number of fused-ring (bicyclic) bond motifs is 5. The topological polar surface area (TPSA) is 189 Å². The van der Waals surface area contributed by atoms with E-state index in [0.717, 1.165) is 37.0 Å². The Morgan fingerprint density at radius 3 is 2.43 bits per heavy atom. The molecule has 4 saturated carbocycles. The summed E-state index contributed by atoms with van der Waals surface area (Å²) in [6.45, 7) is 7.33. The number of carbonyl (C=O) groups excluding carboxylic acids is 1. The van der Waals surface area contributed by atoms with E-state index < -0.39 is 44.2 Å². The maximum atomic E-state index is 12.7. The summed E-state index contributed by atoms with van der Waals surface area (Å²) in [6, 6.07) is -1.44. The summed E-state index contributed by atoms with van der Waals surface area (Å²) in [7, 11) is -4.10. The van der Waals surface area contributed by atoms with Crippen molar-refractivity contribution in [3.05, 3.63) is 0 Å². The minimum atomic E-state index is -4.10. The van der Waals surface area contributed by atoms with Crippen molar-refractivity contribution in [2.24, 2.45) is 46.3 Å². The lowest BCUT2D eigenvalue weighted by Gasteiger charge is -2.61. The molecular formula is C35H63N2O9P. The molecule has 15 atom stereocenters. The van der Waals surface area contributed by atoms with Crippen LogP contribution in [0.15, 0.2) is 0 Å². The Morgan fingerprint density at radius 2 is 1.70 bits per heavy atom. The molecule has 1 amide bonds. The summed E-state index contributed by atoms with van der Waals surface area (Å²) in [4.78, 5) is 22.9. The van der Waals surface area contributed by atoms with Crippen LogP contribution in [0.1, 0.15) is 104 Å². The third-order valence-electron chi connectivity index (χ3n) is 13.9. The molecule has 272 valence electrons. The molecule has 12 heteroatoms. The molecule has 47 heavy (non-hydrogen) atoms. The van der Waals surface area contributed by atoms with Crippen LogP contribution in [0.2, 0.25) is 0 Å². The fourth-order valence-electron chi connectivity index (χ4n) is 11.4. The molecule has 5 rings (SSSR count). The summed E-state index contributed by atoms with van der Waals surface area (Å²) in [5.74, 6) is 4.13. The second kappa shape index (κ2) is 15.3. The van der Waals surface area contributed by atoms with Crippen molar-refractivity contribution in [1.82, 2.24) is 10.6 Å². The Hall–Kier alpha value is -0.620. The quantitative estimate of drug-likeness (QED) is 0.0997. The van der Waals surface area contributed by atoms with Crippen LogP contribution in [0.4, 0.5) is 0 Å². The normalized spacial score (nSPS) is 44.1. The highest BCUT2D eigenvalue weighted by Gasteiger charge is 2.60. The van der Waals surface area contributed by atoms with Gasteiger partial charge in [-0.25, -0.2) is 0 Å². The van der Waals surface area contributed by atoms with Gasteiger partial charge in [0.15, 0.2) is 0 Å². The van der Waals surface area contributed by atoms with Crippen molar-refractivity contribution in [2.75, 3.05) is 25.9 Å². The SMILES string of the molecule is C[C@H](CCC(=O)NCCCOP(=O)(O)C[C@H](O)C[C@H]1N[C@H](CO)[C@@H](O)[C@@H]1O)[C@H]1CC[C@H]2[C@@H]3CC[C@H]4C[C@H](O)CC[C@]4(C)[C@H]3CC[C@]12C. The van der Waals surface area contributed by atoms with E-state index >= 15 is 0 Å². The first-order valence-corrected chi connectivity index (χ1v) is 20.3. The zero-order valence-electron chi connectivity index (χ0n) is 28.8. The molecule has 4 aliphatic carbocycles. The highest BCUT2D eigenvalue weighted by Crippen LogP contribution is 2.68. The largest absolute Gasteiger partial charge is 0.395 e. The number of rotatable bonds is 14. The summed E-state index contributed by atoms with van der Waals surface area (Å²) in [6.07, 6.45) is 8.21. The van der Waals surface area contributed by atoms with Crippen molar-refractivity contribution in [2.45, 2.75) is 141 Å². The van der Waals surface area contributed by atoms with Crippen LogP contribution in [-0.4, -0.2) is 98.8 Å². The Labute approximate surface area is 281 Å². The van der Waals surface area contributed by atoms with Crippen molar-refractivity contribution < 1.29 is 44.3 Å². The molecule has 1 heterocycles. The maximum Gasteiger partial charge on any atom is 0.330 e. The molecule has 0 spiro atoms. The highest BCUT2D eigenvalue weighted by molar-refractivity contribution is 7.52. The molecule has 0 bridgehead atoms. The maximum absolute atomic E-state index is 12.7. The second-order valence-corrected chi connectivity index (χ2v) is 18.5. The van der Waals surface area contributed by atoms with Crippen LogP contribution in [0.3, 0.4) is 0 Å². The van der Waals surface area contributed by atoms with Crippen LogP contribution in [0.5, 0.6) is 0 Å². The smallest absolute Gasteiger partial charge is 0.330 e. The third-order valence-corrected chi connectivity index (χ3v) is 15.4. The van der Waals surface area contributed by atoms with Gasteiger partial charge >= 0.3 is 7.60 Å². The number of hydrogen-bond donors (Lipinski definition) is 8. The molecule has 5 aliphatic rings. The van der Waals surface area contributed by atoms with Crippen LogP contribution in [0, 0.1) is 46.3 Å². The molecule has 5 fully saturated rings. The molecule has 0 aromatic heterocycles. The fraction of sp³-hybridized carbons (Fsp3) is 0.971. The first-order chi connectivity index (χ1) is 22.2. The molecule has 11 nitrogen and oxygen atoms in total. The predicted molar refractivity (Wildman–Crippen MR) is 178 cm³/mol. The second-order valence-electron chi connectivity index (χ2n) is 16.6. The average Bonchev–Trinajstić information content (AvgIpc) is 3.51. The summed E-state index contributed by atoms with van der Waals surface area (Å²) in [5.41, 5.74) is 0.730. The fourth-order valence-corrected chi connectivity index (χ4v) is 12.6. The first kappa shape index (κ1) is 37.6. The van der Waals surface area contributed by atoms with E-state index in [0.29, 0.717) is 48.0 Å². The van der Waals surface area contributed by atoms with Gasteiger partial charge in [0.05, 0.1) is 49.8 Å². The minimum Gasteiger partial charge on any atom is -0.395 e. The minimum absolute atomic E-state index is 0.0143. The van der Waals surface area contributed by atoms with E-state index in [1.807, 2.05) is 0 Å². The molecule has 1 saturated heterocycles. The van der Waals surface area contributed by atoms with Gasteiger partial charge in [-0.15, -0.1) is 0 Å². The lowest BCUT2D eigenvalue weighted by Crippen LogP contribution is -2.54. The Balaban J connectivity index is 0.989. The van der Waals surface area contributed by atoms with E-state index in [9.17, 15) is 39.8 Å². The zero-order valence-corrected chi connectivity index (χ0v) is 29.7. The standard InChI is InChI=1S/C35H63N2O9P/c1-21(26-8-9-27-25-7-6-22-17-23(39)11-13-34(22,2)28(25)12-14-35(26,27)3)5-10-31(41)36-15-4-16-46-47(44,45)20-24(40)18-29-32(42)33(43)30(19-38)37-29/h21-30,32-33,37-40,42-43H,4-20H2,1-3H3,(H,36,41)(H,44,45)/t21-,22+,23-,24-,25+,26-,27+,28+,29-,30-,32-,33-,34+,35-/m1/s1. The highest BCUT2D eigenvalue weighted by atomic mass is 31.2. The number of aliphatic hydroxyl groups is 5. The predicted octanol–water partition coefficient (Wildman–Crippen LogP) is 2.94. The Kier molecular flexibility index (Phi) is 12.3.